The van der Waals surface area contributed by atoms with Crippen LogP contribution in [0, 0.1) is 10.1 Å². The van der Waals surface area contributed by atoms with Crippen molar-refractivity contribution in [1.29, 1.82) is 0 Å². The lowest BCUT2D eigenvalue weighted by molar-refractivity contribution is -0.384. The second-order valence-corrected chi connectivity index (χ2v) is 5.17. The van der Waals surface area contributed by atoms with Crippen LogP contribution in [0.3, 0.4) is 0 Å². The predicted molar refractivity (Wildman–Crippen MR) is 72.3 cm³/mol. The second kappa shape index (κ2) is 6.38. The highest BCUT2D eigenvalue weighted by molar-refractivity contribution is 8.13. The Morgan fingerprint density at radius 1 is 1.40 bits per heavy atom. The number of carbonyl (C=O) groups excluding carboxylic acids is 2. The number of ether oxygens (including phenoxy) is 1. The van der Waals surface area contributed by atoms with Gasteiger partial charge in [-0.3, -0.25) is 19.7 Å². The normalized spacial score (nSPS) is 14.4. The van der Waals surface area contributed by atoms with Crippen LogP contribution in [0.4, 0.5) is 10.5 Å². The summed E-state index contributed by atoms with van der Waals surface area (Å²) in [5.74, 6) is 0.202. The zero-order valence-corrected chi connectivity index (χ0v) is 11.3. The molecule has 0 N–H and O–H groups in total. The molecule has 0 aromatic heterocycles. The number of amides is 1. The number of thioether (sulfide) groups is 1. The summed E-state index contributed by atoms with van der Waals surface area (Å²) in [6.07, 6.45) is 0. The van der Waals surface area contributed by atoms with Crippen molar-refractivity contribution in [3.05, 3.63) is 39.9 Å². The molecule has 1 aliphatic rings. The number of non-ortho nitro benzene ring substituents is 1. The van der Waals surface area contributed by atoms with Gasteiger partial charge < -0.3 is 9.64 Å². The number of nitrogens with zero attached hydrogens (tertiary/aromatic N) is 2. The van der Waals surface area contributed by atoms with Gasteiger partial charge in [0, 0.05) is 24.4 Å². The molecule has 0 spiro atoms. The summed E-state index contributed by atoms with van der Waals surface area (Å²) in [6, 6.07) is 5.76. The smallest absolute Gasteiger partial charge is 0.326 e. The minimum atomic E-state index is -0.494. The van der Waals surface area contributed by atoms with Crippen LogP contribution in [-0.2, 0) is 16.1 Å². The largest absolute Gasteiger partial charge is 0.459 e. The van der Waals surface area contributed by atoms with Gasteiger partial charge in [-0.2, -0.15) is 0 Å². The molecule has 1 aromatic rings. The predicted octanol–water partition coefficient (Wildman–Crippen LogP) is 1.81. The first-order valence-electron chi connectivity index (χ1n) is 5.87. The lowest BCUT2D eigenvalue weighted by Crippen LogP contribution is -2.30. The quantitative estimate of drug-likeness (QED) is 0.467. The van der Waals surface area contributed by atoms with Crippen LogP contribution < -0.4 is 0 Å². The molecule has 0 unspecified atom stereocenters. The fourth-order valence-electron chi connectivity index (χ4n) is 1.65. The van der Waals surface area contributed by atoms with E-state index in [2.05, 4.69) is 0 Å². The molecule has 0 atom stereocenters. The summed E-state index contributed by atoms with van der Waals surface area (Å²) in [6.45, 7) is 0.529. The minimum absolute atomic E-state index is 0.0141. The highest BCUT2D eigenvalue weighted by atomic mass is 32.2. The van der Waals surface area contributed by atoms with Gasteiger partial charge in [0.25, 0.3) is 10.9 Å². The lowest BCUT2D eigenvalue weighted by Gasteiger charge is -2.13. The van der Waals surface area contributed by atoms with E-state index in [9.17, 15) is 19.7 Å². The Kier molecular flexibility index (Phi) is 4.57. The molecule has 1 fully saturated rings. The fraction of sp³-hybridized carbons (Fsp3) is 0.333. The molecular formula is C12H12N2O5S. The van der Waals surface area contributed by atoms with Gasteiger partial charge >= 0.3 is 5.97 Å². The third kappa shape index (κ3) is 3.70. The van der Waals surface area contributed by atoms with E-state index in [0.717, 1.165) is 0 Å². The summed E-state index contributed by atoms with van der Waals surface area (Å²) in [5.41, 5.74) is 0.644. The summed E-state index contributed by atoms with van der Waals surface area (Å²) < 4.78 is 5.03. The molecule has 0 radical (unpaired) electrons. The SMILES string of the molecule is O=C(CN1CCSC1=O)OCc1ccc([N+](=O)[O-])cc1. The van der Waals surface area contributed by atoms with Crippen molar-refractivity contribution in [3.8, 4) is 0 Å². The van der Waals surface area contributed by atoms with E-state index < -0.39 is 10.9 Å². The van der Waals surface area contributed by atoms with E-state index in [1.165, 1.54) is 40.9 Å². The van der Waals surface area contributed by atoms with E-state index in [0.29, 0.717) is 17.9 Å². The maximum absolute atomic E-state index is 11.6. The zero-order valence-electron chi connectivity index (χ0n) is 10.5. The molecule has 20 heavy (non-hydrogen) atoms. The highest BCUT2D eigenvalue weighted by Gasteiger charge is 2.23. The molecule has 0 saturated carbocycles. The fourth-order valence-corrected chi connectivity index (χ4v) is 2.47. The Hall–Kier alpha value is -2.09. The molecule has 0 bridgehead atoms. The lowest BCUT2D eigenvalue weighted by atomic mass is 10.2. The van der Waals surface area contributed by atoms with Crippen LogP contribution in [0.5, 0.6) is 0 Å². The first-order valence-corrected chi connectivity index (χ1v) is 6.85. The van der Waals surface area contributed by atoms with Gasteiger partial charge in [-0.05, 0) is 17.7 Å². The van der Waals surface area contributed by atoms with Gasteiger partial charge in [0.2, 0.25) is 0 Å². The van der Waals surface area contributed by atoms with Crippen LogP contribution in [0.1, 0.15) is 5.56 Å². The molecule has 7 nitrogen and oxygen atoms in total. The highest BCUT2D eigenvalue weighted by Crippen LogP contribution is 2.17. The van der Waals surface area contributed by atoms with E-state index in [-0.39, 0.29) is 24.1 Å². The van der Waals surface area contributed by atoms with Crippen LogP contribution >= 0.6 is 11.8 Å². The number of hydrogen-bond acceptors (Lipinski definition) is 6. The van der Waals surface area contributed by atoms with Crippen molar-refractivity contribution in [2.75, 3.05) is 18.8 Å². The van der Waals surface area contributed by atoms with Crippen molar-refractivity contribution in [2.24, 2.45) is 0 Å². The van der Waals surface area contributed by atoms with Gasteiger partial charge in [0.05, 0.1) is 4.92 Å². The summed E-state index contributed by atoms with van der Waals surface area (Å²) in [5, 5.41) is 10.4. The maximum atomic E-state index is 11.6. The van der Waals surface area contributed by atoms with E-state index in [4.69, 9.17) is 4.74 Å². The third-order valence-corrected chi connectivity index (χ3v) is 3.60. The Bertz CT molecular complexity index is 531. The monoisotopic (exact) mass is 296 g/mol. The molecule has 2 rings (SSSR count). The topological polar surface area (TPSA) is 89.8 Å². The average Bonchev–Trinajstić information content (AvgIpc) is 2.82. The first kappa shape index (κ1) is 14.3. The Labute approximate surface area is 119 Å². The number of rotatable bonds is 5. The molecule has 8 heteroatoms. The van der Waals surface area contributed by atoms with Gasteiger partial charge in [-0.15, -0.1) is 0 Å². The van der Waals surface area contributed by atoms with Crippen molar-refractivity contribution >= 4 is 28.7 Å². The van der Waals surface area contributed by atoms with Gasteiger partial charge in [-0.1, -0.05) is 11.8 Å². The second-order valence-electron chi connectivity index (χ2n) is 4.12. The van der Waals surface area contributed by atoms with Crippen LogP contribution in [0.25, 0.3) is 0 Å². The number of nitro groups is 1. The van der Waals surface area contributed by atoms with Crippen molar-refractivity contribution in [1.82, 2.24) is 4.90 Å². The van der Waals surface area contributed by atoms with Crippen LogP contribution in [-0.4, -0.2) is 39.9 Å². The van der Waals surface area contributed by atoms with Crippen molar-refractivity contribution < 1.29 is 19.2 Å². The number of esters is 1. The number of nitro benzene ring substituents is 1. The summed E-state index contributed by atoms with van der Waals surface area (Å²) >= 11 is 1.18. The molecule has 1 amide bonds. The molecule has 1 aliphatic heterocycles. The number of carbonyl (C=O) groups is 2. The molecule has 106 valence electrons. The van der Waals surface area contributed by atoms with E-state index in [1.807, 2.05) is 0 Å². The third-order valence-electron chi connectivity index (χ3n) is 2.71. The van der Waals surface area contributed by atoms with Crippen molar-refractivity contribution in [2.45, 2.75) is 6.61 Å². The van der Waals surface area contributed by atoms with Gasteiger partial charge in [-0.25, -0.2) is 0 Å². The molecule has 1 heterocycles. The molecule has 0 aliphatic carbocycles. The van der Waals surface area contributed by atoms with Crippen LogP contribution in [0.15, 0.2) is 24.3 Å². The first-order chi connectivity index (χ1) is 9.56. The molecule has 1 saturated heterocycles. The Morgan fingerprint density at radius 2 is 2.10 bits per heavy atom. The van der Waals surface area contributed by atoms with Gasteiger partial charge in [0.1, 0.15) is 13.2 Å². The van der Waals surface area contributed by atoms with Crippen LogP contribution in [0.2, 0.25) is 0 Å². The average molecular weight is 296 g/mol. The van der Waals surface area contributed by atoms with E-state index in [1.54, 1.807) is 0 Å². The van der Waals surface area contributed by atoms with Gasteiger partial charge in [0.15, 0.2) is 0 Å². The maximum Gasteiger partial charge on any atom is 0.326 e. The Morgan fingerprint density at radius 3 is 2.65 bits per heavy atom. The number of benzene rings is 1. The Balaban J connectivity index is 1.81. The minimum Gasteiger partial charge on any atom is -0.459 e. The molecular weight excluding hydrogens is 284 g/mol. The zero-order chi connectivity index (χ0) is 14.5. The van der Waals surface area contributed by atoms with E-state index >= 15 is 0 Å². The van der Waals surface area contributed by atoms with Crippen molar-refractivity contribution in [3.63, 3.8) is 0 Å². The standard InChI is InChI=1S/C12H12N2O5S/c15-11(7-13-5-6-20-12(13)16)19-8-9-1-3-10(4-2-9)14(17)18/h1-4H,5-8H2. The summed E-state index contributed by atoms with van der Waals surface area (Å²) in [7, 11) is 0. The molecule has 1 aromatic carbocycles. The summed E-state index contributed by atoms with van der Waals surface area (Å²) in [4.78, 5) is 34.3. The number of hydrogen-bond donors (Lipinski definition) is 0.